The van der Waals surface area contributed by atoms with Crippen molar-refractivity contribution in [2.75, 3.05) is 19.8 Å². The fraction of sp³-hybridized carbons (Fsp3) is 0.0769. The zero-order chi connectivity index (χ0) is 43.1. The fourth-order valence-electron chi connectivity index (χ4n) is 9.85. The molecule has 6 heterocycles. The molecule has 2 aromatic heterocycles. The van der Waals surface area contributed by atoms with Crippen molar-refractivity contribution in [3.63, 3.8) is 0 Å². The van der Waals surface area contributed by atoms with Crippen LogP contribution in [0.15, 0.2) is 176 Å². The quantitative estimate of drug-likeness (QED) is 0.156. The second kappa shape index (κ2) is 13.5. The van der Waals surface area contributed by atoms with Crippen molar-refractivity contribution in [1.82, 2.24) is 7.10 Å². The minimum atomic E-state index is -3.45. The maximum absolute atomic E-state index is 11.6. The van der Waals surface area contributed by atoms with Crippen molar-refractivity contribution >= 4 is 115 Å². The first-order valence-corrected chi connectivity index (χ1v) is 23.0. The lowest BCUT2D eigenvalue weighted by atomic mass is 10.0. The first kappa shape index (κ1) is 37.0. The summed E-state index contributed by atoms with van der Waals surface area (Å²) in [7, 11) is 0. The molecule has 4 aliphatic rings. The van der Waals surface area contributed by atoms with E-state index in [0.717, 1.165) is 86.9 Å². The van der Waals surface area contributed by atoms with Crippen molar-refractivity contribution in [1.29, 1.82) is 0 Å². The van der Waals surface area contributed by atoms with Crippen LogP contribution in [-0.4, -0.2) is 86.1 Å². The highest BCUT2D eigenvalue weighted by molar-refractivity contribution is 6.51. The van der Waals surface area contributed by atoms with Crippen LogP contribution >= 0.6 is 0 Å². The van der Waals surface area contributed by atoms with Gasteiger partial charge in [0.15, 0.2) is 23.3 Å². The van der Waals surface area contributed by atoms with Crippen molar-refractivity contribution in [3.05, 3.63) is 179 Å². The van der Waals surface area contributed by atoms with Gasteiger partial charge in [-0.15, -0.1) is 0 Å². The Morgan fingerprint density at radius 2 is 0.738 bits per heavy atom. The molecule has 8 aromatic carbocycles. The molecule has 14 rings (SSSR count). The molecule has 10 aromatic rings. The molecule has 65 heavy (non-hydrogen) atoms. The average Bonchev–Trinajstić information content (AvgIpc) is 4.03. The number of fused-ring (bicyclic) bond motifs is 18. The van der Waals surface area contributed by atoms with Gasteiger partial charge in [-0.2, -0.15) is 0 Å². The standard InChI is InChI=1S/C48H24N8.C4H9O4.Al/c1-2-10-26-18-34-33(17-25(26)9-1)41-49-42(34)54-44-37-21-29-13-5-6-14-30(29)22-38(37)46(51-44)56-48-40-24-32-16-8-7-15-31(32)23-39(40)47(52-48)55-45-36-20-28-12-4-3-11-27(28)19-35(36)43(50-45)53-41;5-1-4(8,2-6)3-7;/h1-24H;5-6,8H,1-3H2;/q-2;-1;+3. The van der Waals surface area contributed by atoms with Crippen LogP contribution in [0.3, 0.4) is 0 Å². The molecule has 0 aliphatic carbocycles. The number of rotatable bonds is 5. The lowest BCUT2D eigenvalue weighted by Crippen LogP contribution is -2.52. The van der Waals surface area contributed by atoms with Gasteiger partial charge in [0.25, 0.3) is 0 Å². The summed E-state index contributed by atoms with van der Waals surface area (Å²) in [4.78, 5) is 32.8. The Balaban J connectivity index is 1.23. The molecule has 0 amide bonds. The Hall–Kier alpha value is -7.47. The summed E-state index contributed by atoms with van der Waals surface area (Å²) in [6.45, 7) is -1.89. The van der Waals surface area contributed by atoms with Crippen LogP contribution in [0.1, 0.15) is 22.3 Å². The van der Waals surface area contributed by atoms with Gasteiger partial charge in [0.05, 0.1) is 19.8 Å². The number of aliphatic imine (C=N–C) groups is 4. The smallest absolute Gasteiger partial charge is 0.462 e. The largest absolute Gasteiger partial charge is 0.810 e. The molecule has 12 nitrogen and oxygen atoms in total. The highest BCUT2D eigenvalue weighted by Gasteiger charge is 2.44. The van der Waals surface area contributed by atoms with Gasteiger partial charge in [0, 0.05) is 43.8 Å². The maximum Gasteiger partial charge on any atom is 0.810 e. The van der Waals surface area contributed by atoms with E-state index in [2.05, 4.69) is 104 Å². The zero-order valence-electron chi connectivity index (χ0n) is 34.4. The van der Waals surface area contributed by atoms with E-state index in [-0.39, 0.29) is 0 Å². The van der Waals surface area contributed by atoms with E-state index in [0.29, 0.717) is 46.0 Å². The number of hydrogen-bond acceptors (Lipinski definition) is 10. The maximum atomic E-state index is 11.6. The Kier molecular flexibility index (Phi) is 7.69. The van der Waals surface area contributed by atoms with Crippen LogP contribution in [0.5, 0.6) is 0 Å². The number of aliphatic hydroxyl groups is 3. The van der Waals surface area contributed by atoms with Gasteiger partial charge >= 0.3 is 14.9 Å². The predicted molar refractivity (Wildman–Crippen MR) is 256 cm³/mol. The van der Waals surface area contributed by atoms with Gasteiger partial charge in [-0.05, 0) is 91.6 Å². The molecule has 0 radical (unpaired) electrons. The highest BCUT2D eigenvalue weighted by Crippen LogP contribution is 2.44. The van der Waals surface area contributed by atoms with E-state index >= 15 is 0 Å². The molecule has 0 unspecified atom stereocenters. The summed E-state index contributed by atoms with van der Waals surface area (Å²) in [6.07, 6.45) is 0. The third-order valence-corrected chi connectivity index (χ3v) is 15.5. The van der Waals surface area contributed by atoms with Crippen molar-refractivity contribution in [3.8, 4) is 0 Å². The first-order valence-electron chi connectivity index (χ1n) is 21.5. The molecule has 308 valence electrons. The van der Waals surface area contributed by atoms with E-state index in [9.17, 15) is 15.3 Å². The lowest BCUT2D eigenvalue weighted by molar-refractivity contribution is -0.0823. The molecule has 0 saturated carbocycles. The molecule has 13 heteroatoms. The van der Waals surface area contributed by atoms with E-state index in [1.165, 1.54) is 0 Å². The molecule has 0 saturated heterocycles. The van der Waals surface area contributed by atoms with E-state index in [1.54, 1.807) is 0 Å². The normalized spacial score (nSPS) is 14.9. The number of aromatic nitrogens is 2. The number of benzene rings is 8. The van der Waals surface area contributed by atoms with Crippen molar-refractivity contribution in [2.45, 2.75) is 5.60 Å². The van der Waals surface area contributed by atoms with Crippen LogP contribution < -0.4 is 11.0 Å². The molecule has 3 N–H and O–H groups in total. The summed E-state index contributed by atoms with van der Waals surface area (Å²) >= 11 is -3.45. The summed E-state index contributed by atoms with van der Waals surface area (Å²) < 4.78 is 11.2. The van der Waals surface area contributed by atoms with E-state index in [1.807, 2.05) is 48.5 Å². The van der Waals surface area contributed by atoms with Crippen molar-refractivity contribution in [2.24, 2.45) is 30.0 Å². The average molecular weight is 861 g/mol. The summed E-state index contributed by atoms with van der Waals surface area (Å²) in [5.41, 5.74) is 2.44. The Labute approximate surface area is 373 Å². The molecule has 0 spiro atoms. The van der Waals surface area contributed by atoms with Crippen molar-refractivity contribution < 1.29 is 19.1 Å². The Morgan fingerprint density at radius 1 is 0.415 bits per heavy atom. The summed E-state index contributed by atoms with van der Waals surface area (Å²) in [5.74, 6) is 3.02. The lowest BCUT2D eigenvalue weighted by Gasteiger charge is -2.26. The van der Waals surface area contributed by atoms with Gasteiger partial charge < -0.3 is 26.2 Å². The molecular formula is C52H33AlN8O4. The molecule has 0 fully saturated rings. The minimum Gasteiger partial charge on any atom is -0.462 e. The topological polar surface area (TPSA) is 154 Å². The molecule has 6 bridgehead atoms. The second-order valence-corrected chi connectivity index (χ2v) is 19.2. The third-order valence-electron chi connectivity index (χ3n) is 13.2. The number of amidine groups is 4. The zero-order valence-corrected chi connectivity index (χ0v) is 35.5. The Bertz CT molecular complexity index is 3840. The molecule has 0 atom stereocenters. The minimum absolute atomic E-state index is 0.423. The number of nitrogens with zero attached hydrogens (tertiary/aromatic N) is 8. The highest BCUT2D eigenvalue weighted by atomic mass is 27.2. The predicted octanol–water partition coefficient (Wildman–Crippen LogP) is 7.27. The van der Waals surface area contributed by atoms with E-state index in [4.69, 9.17) is 33.7 Å². The van der Waals surface area contributed by atoms with Crippen LogP contribution in [-0.2, 0) is 3.79 Å². The van der Waals surface area contributed by atoms with Gasteiger partial charge in [-0.1, -0.05) is 97.1 Å². The molecular weight excluding hydrogens is 828 g/mol. The van der Waals surface area contributed by atoms with Crippen LogP contribution in [0.4, 0.5) is 11.6 Å². The number of hydrogen-bond donors (Lipinski definition) is 3. The fourth-order valence-corrected chi connectivity index (χ4v) is 12.5. The van der Waals surface area contributed by atoms with Gasteiger partial charge in [-0.25, -0.2) is 30.0 Å². The second-order valence-electron chi connectivity index (χ2n) is 17.2. The summed E-state index contributed by atoms with van der Waals surface area (Å²) in [5, 5.41) is 44.0. The summed E-state index contributed by atoms with van der Waals surface area (Å²) in [6, 6.07) is 49.9. The van der Waals surface area contributed by atoms with Gasteiger partial charge in [0.1, 0.15) is 28.2 Å². The third kappa shape index (κ3) is 5.39. The van der Waals surface area contributed by atoms with E-state index < -0.39 is 40.3 Å². The van der Waals surface area contributed by atoms with Gasteiger partial charge in [0.2, 0.25) is 0 Å². The first-order chi connectivity index (χ1) is 31.9. The molecule has 4 aliphatic heterocycles. The SMILES string of the molecule is OCC(O)(CO)C[O][Al]1[n]2c3c4cc5ccccc5cc4c2N=C2N=C(N=c4c5cc6ccccc6cc5c([n]41)=NC1=NC(=N3)c3cc4ccccc4cc31)c1cc3ccccc3cc12. The number of aliphatic hydroxyl groups excluding tert-OH is 2. The Morgan fingerprint density at radius 3 is 1.09 bits per heavy atom. The van der Waals surface area contributed by atoms with Crippen LogP contribution in [0.25, 0.3) is 64.6 Å². The van der Waals surface area contributed by atoms with Gasteiger partial charge in [-0.3, -0.25) is 0 Å². The van der Waals surface area contributed by atoms with Crippen LogP contribution in [0.2, 0.25) is 0 Å². The monoisotopic (exact) mass is 860 g/mol. The van der Waals surface area contributed by atoms with Crippen LogP contribution in [0, 0.1) is 0 Å².